The Labute approximate surface area is 244 Å². The van der Waals surface area contributed by atoms with Crippen LogP contribution < -0.4 is 10.1 Å². The van der Waals surface area contributed by atoms with Gasteiger partial charge >= 0.3 is 6.01 Å². The molecule has 2 fully saturated rings. The average molecular weight is 618 g/mol. The Morgan fingerprint density at radius 2 is 1.88 bits per heavy atom. The van der Waals surface area contributed by atoms with Gasteiger partial charge < -0.3 is 15.0 Å². The first kappa shape index (κ1) is 27.0. The van der Waals surface area contributed by atoms with Gasteiger partial charge in [-0.05, 0) is 70.4 Å². The Hall–Kier alpha value is -4.19. The number of carbonyl (C=O) groups is 3. The van der Waals surface area contributed by atoms with Crippen molar-refractivity contribution in [1.82, 2.24) is 29.6 Å². The summed E-state index contributed by atoms with van der Waals surface area (Å²) in [6.45, 7) is 5.33. The third-order valence-corrected chi connectivity index (χ3v) is 8.49. The summed E-state index contributed by atoms with van der Waals surface area (Å²) in [6, 6.07) is 8.85. The molecule has 1 saturated heterocycles. The normalized spacial score (nSPS) is 21.0. The first-order valence-electron chi connectivity index (χ1n) is 13.2. The number of piperidine rings is 1. The number of hydrogen-bond donors (Lipinski definition) is 1. The van der Waals surface area contributed by atoms with Crippen molar-refractivity contribution in [3.05, 3.63) is 58.6 Å². The quantitative estimate of drug-likeness (QED) is 0.241. The molecule has 2 aliphatic rings. The van der Waals surface area contributed by atoms with Crippen LogP contribution >= 0.6 is 15.9 Å². The number of rotatable bonds is 7. The van der Waals surface area contributed by atoms with E-state index < -0.39 is 6.04 Å². The maximum absolute atomic E-state index is 13.8. The summed E-state index contributed by atoms with van der Waals surface area (Å²) < 4.78 is 7.21. The summed E-state index contributed by atoms with van der Waals surface area (Å²) in [5, 5.41) is 8.08. The summed E-state index contributed by atoms with van der Waals surface area (Å²) in [4.78, 5) is 54.2. The molecule has 12 heteroatoms. The maximum Gasteiger partial charge on any atom is 0.316 e. The number of amides is 2. The van der Waals surface area contributed by atoms with Crippen LogP contribution in [-0.2, 0) is 16.1 Å². The van der Waals surface area contributed by atoms with Crippen molar-refractivity contribution in [1.29, 1.82) is 0 Å². The molecular formula is C29H28BrN7O4. The van der Waals surface area contributed by atoms with Gasteiger partial charge in [0.2, 0.25) is 11.8 Å². The largest absolute Gasteiger partial charge is 0.467 e. The van der Waals surface area contributed by atoms with Gasteiger partial charge in [-0.25, -0.2) is 15.0 Å². The molecule has 3 atom stereocenters. The molecule has 4 heterocycles. The monoisotopic (exact) mass is 617 g/mol. The van der Waals surface area contributed by atoms with Gasteiger partial charge in [0.15, 0.2) is 5.78 Å². The molecule has 0 bridgehead atoms. The number of ether oxygens (including phenoxy) is 1. The summed E-state index contributed by atoms with van der Waals surface area (Å²) >= 11 is 3.35. The van der Waals surface area contributed by atoms with Crippen molar-refractivity contribution < 1.29 is 19.1 Å². The molecule has 2 amide bonds. The van der Waals surface area contributed by atoms with Crippen LogP contribution in [0.15, 0.2) is 47.3 Å². The number of ketones is 1. The lowest BCUT2D eigenvalue weighted by Gasteiger charge is -2.27. The molecule has 6 rings (SSSR count). The first-order valence-corrected chi connectivity index (χ1v) is 14.0. The van der Waals surface area contributed by atoms with Gasteiger partial charge in [-0.1, -0.05) is 19.1 Å². The number of carbonyl (C=O) groups excluding carboxylic acids is 3. The Morgan fingerprint density at radius 3 is 2.59 bits per heavy atom. The van der Waals surface area contributed by atoms with E-state index in [1.165, 1.54) is 14.0 Å². The predicted octanol–water partition coefficient (Wildman–Crippen LogP) is 4.19. The summed E-state index contributed by atoms with van der Waals surface area (Å²) in [5.41, 5.74) is 3.20. The predicted molar refractivity (Wildman–Crippen MR) is 154 cm³/mol. The first-order chi connectivity index (χ1) is 19.6. The third kappa shape index (κ3) is 4.86. The average Bonchev–Trinajstić information content (AvgIpc) is 3.32. The van der Waals surface area contributed by atoms with Crippen LogP contribution in [0.3, 0.4) is 0 Å². The fraction of sp³-hybridized carbons (Fsp3) is 0.345. The zero-order valence-electron chi connectivity index (χ0n) is 23.0. The molecule has 0 radical (unpaired) electrons. The van der Waals surface area contributed by atoms with Crippen LogP contribution in [0.25, 0.3) is 22.0 Å². The van der Waals surface area contributed by atoms with Crippen LogP contribution in [-0.4, -0.2) is 66.4 Å². The number of anilines is 1. The molecule has 1 aromatic carbocycles. The second-order valence-electron chi connectivity index (χ2n) is 10.9. The number of methoxy groups -OCH3 is 1. The molecule has 1 saturated carbocycles. The summed E-state index contributed by atoms with van der Waals surface area (Å²) in [6.07, 6.45) is 4.71. The number of fused-ring (bicyclic) bond motifs is 2. The van der Waals surface area contributed by atoms with Crippen LogP contribution in [0, 0.1) is 12.3 Å². The van der Waals surface area contributed by atoms with Crippen molar-refractivity contribution in [2.45, 2.75) is 52.2 Å². The number of aryl methyl sites for hydroxylation is 1. The lowest BCUT2D eigenvalue weighted by atomic mass is 10.0. The van der Waals surface area contributed by atoms with Gasteiger partial charge in [0.25, 0.3) is 0 Å². The minimum atomic E-state index is -0.623. The molecule has 210 valence electrons. The number of halogens is 1. The van der Waals surface area contributed by atoms with E-state index >= 15 is 0 Å². The van der Waals surface area contributed by atoms with Crippen molar-refractivity contribution in [2.24, 2.45) is 5.41 Å². The highest BCUT2D eigenvalue weighted by Gasteiger charge is 2.64. The van der Waals surface area contributed by atoms with E-state index in [9.17, 15) is 14.4 Å². The number of Topliss-reactive ketones (excluding diaryl/α,β-unsaturated/α-hetero) is 1. The van der Waals surface area contributed by atoms with Crippen LogP contribution in [0.5, 0.6) is 6.01 Å². The van der Waals surface area contributed by atoms with Crippen molar-refractivity contribution in [3.8, 4) is 17.1 Å². The minimum Gasteiger partial charge on any atom is -0.467 e. The van der Waals surface area contributed by atoms with Gasteiger partial charge in [0.1, 0.15) is 28.7 Å². The minimum absolute atomic E-state index is 0.0157. The number of hydrogen-bond acceptors (Lipinski definition) is 8. The topological polar surface area (TPSA) is 132 Å². The molecule has 1 unspecified atom stereocenters. The highest BCUT2D eigenvalue weighted by molar-refractivity contribution is 9.10. The molecule has 1 aliphatic heterocycles. The lowest BCUT2D eigenvalue weighted by Crippen LogP contribution is -2.47. The van der Waals surface area contributed by atoms with E-state index in [1.54, 1.807) is 22.0 Å². The van der Waals surface area contributed by atoms with E-state index in [0.29, 0.717) is 27.7 Å². The van der Waals surface area contributed by atoms with Crippen molar-refractivity contribution >= 4 is 50.2 Å². The molecule has 41 heavy (non-hydrogen) atoms. The van der Waals surface area contributed by atoms with Gasteiger partial charge in [0, 0.05) is 36.3 Å². The van der Waals surface area contributed by atoms with E-state index in [4.69, 9.17) is 4.74 Å². The highest BCUT2D eigenvalue weighted by atomic mass is 79.9. The number of nitrogens with zero attached hydrogens (tertiary/aromatic N) is 6. The van der Waals surface area contributed by atoms with Gasteiger partial charge in [-0.2, -0.15) is 5.10 Å². The second kappa shape index (κ2) is 10.0. The molecule has 0 spiro atoms. The van der Waals surface area contributed by atoms with Gasteiger partial charge in [-0.3, -0.25) is 19.1 Å². The van der Waals surface area contributed by atoms with Crippen LogP contribution in [0.2, 0.25) is 0 Å². The van der Waals surface area contributed by atoms with Crippen LogP contribution in [0.4, 0.5) is 5.82 Å². The Bertz CT molecular complexity index is 1720. The molecule has 1 aliphatic carbocycles. The standard InChI is InChI=1S/C29H28BrN7O4/c1-15-5-8-23(30)33-26(15)34-27(40)21-10-29(3)11-22(29)37(21)24(39)14-36-20-7-6-17(9-19(20)25(35-36)16(2)38)18-12-31-28(41-4)32-13-18/h5-9,12-13,21-22H,10-11,14H2,1-4H3,(H,33,34,40)/t21-,22+,29?/m0/s1. The number of aromatic nitrogens is 5. The Kier molecular flexibility index (Phi) is 6.60. The van der Waals surface area contributed by atoms with E-state index in [0.717, 1.165) is 23.1 Å². The summed E-state index contributed by atoms with van der Waals surface area (Å²) in [5.74, 6) is -0.233. The fourth-order valence-corrected chi connectivity index (χ4v) is 6.02. The highest BCUT2D eigenvalue weighted by Crippen LogP contribution is 2.59. The van der Waals surface area contributed by atoms with Gasteiger partial charge in [-0.15, -0.1) is 0 Å². The fourth-order valence-electron chi connectivity index (χ4n) is 5.71. The SMILES string of the molecule is COc1ncc(-c2ccc3c(c2)c(C(C)=O)nn3CC(=O)N2[C@H](C(=O)Nc3nc(Br)ccc3C)CC3(C)C[C@@H]23)cn1. The Morgan fingerprint density at radius 1 is 1.12 bits per heavy atom. The molecule has 3 aromatic heterocycles. The van der Waals surface area contributed by atoms with Gasteiger partial charge in [0.05, 0.1) is 12.6 Å². The maximum atomic E-state index is 13.8. The van der Waals surface area contributed by atoms with Crippen molar-refractivity contribution in [3.63, 3.8) is 0 Å². The Balaban J connectivity index is 1.28. The zero-order chi connectivity index (χ0) is 29.1. The molecule has 1 N–H and O–H groups in total. The lowest BCUT2D eigenvalue weighted by molar-refractivity contribution is -0.138. The van der Waals surface area contributed by atoms with E-state index in [-0.39, 0.29) is 47.3 Å². The smallest absolute Gasteiger partial charge is 0.316 e. The van der Waals surface area contributed by atoms with E-state index in [1.807, 2.05) is 37.3 Å². The van der Waals surface area contributed by atoms with Crippen molar-refractivity contribution in [2.75, 3.05) is 12.4 Å². The number of pyridine rings is 1. The molecular weight excluding hydrogens is 590 g/mol. The van der Waals surface area contributed by atoms with E-state index in [2.05, 4.69) is 48.2 Å². The number of benzene rings is 1. The number of nitrogens with one attached hydrogen (secondary N) is 1. The molecule has 11 nitrogen and oxygen atoms in total. The molecule has 4 aromatic rings. The number of likely N-dealkylation sites (tertiary alicyclic amines) is 1. The second-order valence-corrected chi connectivity index (χ2v) is 11.7. The zero-order valence-corrected chi connectivity index (χ0v) is 24.6. The van der Waals surface area contributed by atoms with Crippen LogP contribution in [0.1, 0.15) is 42.7 Å². The third-order valence-electron chi connectivity index (χ3n) is 8.04. The summed E-state index contributed by atoms with van der Waals surface area (Å²) in [7, 11) is 1.50.